The molecule has 3 rings (SSSR count). The summed E-state index contributed by atoms with van der Waals surface area (Å²) < 4.78 is 5.74. The SMILES string of the molecule is Clc1cc(Nc2ccc(Oc3ccccc3)cc2)ccn1. The van der Waals surface area contributed by atoms with Gasteiger partial charge in [0.2, 0.25) is 0 Å². The summed E-state index contributed by atoms with van der Waals surface area (Å²) in [6.07, 6.45) is 1.66. The Labute approximate surface area is 128 Å². The number of nitrogens with zero attached hydrogens (tertiary/aromatic N) is 1. The smallest absolute Gasteiger partial charge is 0.131 e. The van der Waals surface area contributed by atoms with E-state index in [9.17, 15) is 0 Å². The van der Waals surface area contributed by atoms with E-state index < -0.39 is 0 Å². The molecule has 4 heteroatoms. The van der Waals surface area contributed by atoms with Crippen LogP contribution in [-0.2, 0) is 0 Å². The highest BCUT2D eigenvalue weighted by Gasteiger charge is 1.99. The molecule has 0 unspecified atom stereocenters. The highest BCUT2D eigenvalue weighted by molar-refractivity contribution is 6.29. The lowest BCUT2D eigenvalue weighted by molar-refractivity contribution is 0.483. The number of rotatable bonds is 4. The predicted molar refractivity (Wildman–Crippen MR) is 85.5 cm³/mol. The molecule has 1 heterocycles. The van der Waals surface area contributed by atoms with E-state index in [0.717, 1.165) is 22.9 Å². The number of para-hydroxylation sites is 1. The van der Waals surface area contributed by atoms with Crippen molar-refractivity contribution in [3.8, 4) is 11.5 Å². The fraction of sp³-hybridized carbons (Fsp3) is 0. The van der Waals surface area contributed by atoms with Crippen LogP contribution in [0.4, 0.5) is 11.4 Å². The first kappa shape index (κ1) is 13.5. The number of pyridine rings is 1. The fourth-order valence-electron chi connectivity index (χ4n) is 1.88. The third-order valence-corrected chi connectivity index (χ3v) is 3.06. The van der Waals surface area contributed by atoms with Crippen LogP contribution in [0.25, 0.3) is 0 Å². The van der Waals surface area contributed by atoms with E-state index in [1.807, 2.05) is 60.7 Å². The van der Waals surface area contributed by atoms with Gasteiger partial charge in [-0.25, -0.2) is 4.98 Å². The fourth-order valence-corrected chi connectivity index (χ4v) is 2.05. The minimum absolute atomic E-state index is 0.462. The van der Waals surface area contributed by atoms with Gasteiger partial charge in [0, 0.05) is 17.6 Å². The monoisotopic (exact) mass is 296 g/mol. The van der Waals surface area contributed by atoms with Crippen molar-refractivity contribution in [2.45, 2.75) is 0 Å². The topological polar surface area (TPSA) is 34.1 Å². The maximum absolute atomic E-state index is 5.86. The molecule has 0 aliphatic rings. The van der Waals surface area contributed by atoms with Gasteiger partial charge in [0.25, 0.3) is 0 Å². The quantitative estimate of drug-likeness (QED) is 0.666. The Morgan fingerprint density at radius 1 is 0.810 bits per heavy atom. The van der Waals surface area contributed by atoms with Crippen LogP contribution < -0.4 is 10.1 Å². The molecule has 0 fully saturated rings. The Bertz CT molecular complexity index is 714. The van der Waals surface area contributed by atoms with Gasteiger partial charge in [-0.1, -0.05) is 29.8 Å². The summed E-state index contributed by atoms with van der Waals surface area (Å²) in [4.78, 5) is 3.95. The number of nitrogens with one attached hydrogen (secondary N) is 1. The highest BCUT2D eigenvalue weighted by Crippen LogP contribution is 2.24. The van der Waals surface area contributed by atoms with Crippen molar-refractivity contribution in [2.24, 2.45) is 0 Å². The van der Waals surface area contributed by atoms with Crippen LogP contribution in [0.5, 0.6) is 11.5 Å². The first-order chi connectivity index (χ1) is 10.3. The van der Waals surface area contributed by atoms with Gasteiger partial charge < -0.3 is 10.1 Å². The Kier molecular flexibility index (Phi) is 4.03. The third kappa shape index (κ3) is 3.74. The zero-order valence-corrected chi connectivity index (χ0v) is 11.9. The zero-order chi connectivity index (χ0) is 14.5. The second-order valence-corrected chi connectivity index (χ2v) is 4.82. The summed E-state index contributed by atoms with van der Waals surface area (Å²) in [6.45, 7) is 0. The number of hydrogen-bond donors (Lipinski definition) is 1. The molecule has 0 aliphatic carbocycles. The normalized spacial score (nSPS) is 10.1. The maximum atomic E-state index is 5.86. The second kappa shape index (κ2) is 6.29. The molecule has 2 aromatic carbocycles. The van der Waals surface area contributed by atoms with Crippen LogP contribution in [0.3, 0.4) is 0 Å². The molecule has 0 spiro atoms. The number of ether oxygens (including phenoxy) is 1. The van der Waals surface area contributed by atoms with Crippen LogP contribution in [0.15, 0.2) is 72.9 Å². The van der Waals surface area contributed by atoms with E-state index in [0.29, 0.717) is 5.15 Å². The lowest BCUT2D eigenvalue weighted by Crippen LogP contribution is -1.91. The van der Waals surface area contributed by atoms with Crippen LogP contribution in [0.1, 0.15) is 0 Å². The Hall–Kier alpha value is -2.52. The van der Waals surface area contributed by atoms with Gasteiger partial charge in [0.1, 0.15) is 16.7 Å². The van der Waals surface area contributed by atoms with Crippen molar-refractivity contribution < 1.29 is 4.74 Å². The van der Waals surface area contributed by atoms with Crippen LogP contribution >= 0.6 is 11.6 Å². The highest BCUT2D eigenvalue weighted by atomic mass is 35.5. The van der Waals surface area contributed by atoms with Gasteiger partial charge >= 0.3 is 0 Å². The summed E-state index contributed by atoms with van der Waals surface area (Å²) in [5.74, 6) is 1.61. The molecule has 0 amide bonds. The van der Waals surface area contributed by atoms with Crippen molar-refractivity contribution in [1.82, 2.24) is 4.98 Å². The number of anilines is 2. The van der Waals surface area contributed by atoms with E-state index in [4.69, 9.17) is 16.3 Å². The predicted octanol–water partition coefficient (Wildman–Crippen LogP) is 5.27. The first-order valence-corrected chi connectivity index (χ1v) is 6.89. The van der Waals surface area contributed by atoms with Crippen LogP contribution in [0, 0.1) is 0 Å². The molecule has 0 saturated heterocycles. The minimum atomic E-state index is 0.462. The second-order valence-electron chi connectivity index (χ2n) is 4.43. The molecule has 3 nitrogen and oxygen atoms in total. The van der Waals surface area contributed by atoms with Crippen molar-refractivity contribution in [1.29, 1.82) is 0 Å². The summed E-state index contributed by atoms with van der Waals surface area (Å²) in [5, 5.41) is 3.72. The average Bonchev–Trinajstić information content (AvgIpc) is 2.50. The van der Waals surface area contributed by atoms with Crippen LogP contribution in [-0.4, -0.2) is 4.98 Å². The molecular formula is C17H13ClN2O. The van der Waals surface area contributed by atoms with E-state index >= 15 is 0 Å². The maximum Gasteiger partial charge on any atom is 0.131 e. The Morgan fingerprint density at radius 3 is 2.24 bits per heavy atom. The van der Waals surface area contributed by atoms with Gasteiger partial charge in [-0.3, -0.25) is 0 Å². The van der Waals surface area contributed by atoms with Crippen molar-refractivity contribution in [3.63, 3.8) is 0 Å². The summed E-state index contributed by atoms with van der Waals surface area (Å²) in [6, 6.07) is 21.1. The molecule has 0 radical (unpaired) electrons. The van der Waals surface area contributed by atoms with Gasteiger partial charge in [-0.05, 0) is 48.5 Å². The van der Waals surface area contributed by atoms with E-state index in [2.05, 4.69) is 10.3 Å². The van der Waals surface area contributed by atoms with Gasteiger partial charge in [0.05, 0.1) is 0 Å². The molecular weight excluding hydrogens is 284 g/mol. The van der Waals surface area contributed by atoms with Crippen molar-refractivity contribution in [3.05, 3.63) is 78.1 Å². The van der Waals surface area contributed by atoms with Crippen molar-refractivity contribution >= 4 is 23.0 Å². The number of halogens is 1. The summed E-state index contributed by atoms with van der Waals surface area (Å²) in [5.41, 5.74) is 1.85. The number of hydrogen-bond acceptors (Lipinski definition) is 3. The van der Waals surface area contributed by atoms with E-state index in [1.54, 1.807) is 12.3 Å². The molecule has 0 saturated carbocycles. The lowest BCUT2D eigenvalue weighted by Gasteiger charge is -2.09. The summed E-state index contributed by atoms with van der Waals surface area (Å²) >= 11 is 5.86. The lowest BCUT2D eigenvalue weighted by atomic mass is 10.3. The molecule has 0 atom stereocenters. The molecule has 3 aromatic rings. The molecule has 0 bridgehead atoms. The summed E-state index contributed by atoms with van der Waals surface area (Å²) in [7, 11) is 0. The van der Waals surface area contributed by atoms with E-state index in [-0.39, 0.29) is 0 Å². The Balaban J connectivity index is 1.69. The number of benzene rings is 2. The van der Waals surface area contributed by atoms with Crippen LogP contribution in [0.2, 0.25) is 5.15 Å². The van der Waals surface area contributed by atoms with Crippen molar-refractivity contribution in [2.75, 3.05) is 5.32 Å². The standard InChI is InChI=1S/C17H13ClN2O/c18-17-12-14(10-11-19-17)20-13-6-8-16(9-7-13)21-15-4-2-1-3-5-15/h1-12H,(H,19,20). The third-order valence-electron chi connectivity index (χ3n) is 2.85. The zero-order valence-electron chi connectivity index (χ0n) is 11.2. The minimum Gasteiger partial charge on any atom is -0.457 e. The first-order valence-electron chi connectivity index (χ1n) is 6.51. The molecule has 1 N–H and O–H groups in total. The van der Waals surface area contributed by atoms with Gasteiger partial charge in [-0.2, -0.15) is 0 Å². The molecule has 1 aromatic heterocycles. The number of aromatic nitrogens is 1. The molecule has 0 aliphatic heterocycles. The molecule has 104 valence electrons. The largest absolute Gasteiger partial charge is 0.457 e. The average molecular weight is 297 g/mol. The van der Waals surface area contributed by atoms with Gasteiger partial charge in [0.15, 0.2) is 0 Å². The van der Waals surface area contributed by atoms with Gasteiger partial charge in [-0.15, -0.1) is 0 Å². The molecule has 21 heavy (non-hydrogen) atoms. The van der Waals surface area contributed by atoms with E-state index in [1.165, 1.54) is 0 Å². The Morgan fingerprint density at radius 2 is 1.52 bits per heavy atom.